The van der Waals surface area contributed by atoms with Gasteiger partial charge < -0.3 is 4.74 Å². The van der Waals surface area contributed by atoms with E-state index in [1.54, 1.807) is 0 Å². The normalized spacial score (nSPS) is 12.2. The van der Waals surface area contributed by atoms with Gasteiger partial charge in [0.05, 0.1) is 18.5 Å². The third kappa shape index (κ3) is 4.50. The van der Waals surface area contributed by atoms with Gasteiger partial charge in [-0.2, -0.15) is 4.40 Å². The van der Waals surface area contributed by atoms with Gasteiger partial charge in [-0.15, -0.1) is 0 Å². The molecule has 0 atom stereocenters. The van der Waals surface area contributed by atoms with Crippen LogP contribution >= 0.6 is 0 Å². The first-order valence-corrected chi connectivity index (χ1v) is 13.8. The molecule has 2 aromatic heterocycles. The van der Waals surface area contributed by atoms with Crippen molar-refractivity contribution in [2.45, 2.75) is 67.4 Å². The summed E-state index contributed by atoms with van der Waals surface area (Å²) >= 11 is 0. The molecule has 0 saturated heterocycles. The predicted octanol–water partition coefficient (Wildman–Crippen LogP) is 8.23. The van der Waals surface area contributed by atoms with Crippen LogP contribution in [0, 0.1) is 18.8 Å². The average molecular weight is 494 g/mol. The number of rotatable bonds is 7. The lowest BCUT2D eigenvalue weighted by atomic mass is 9.89. The molecule has 0 radical (unpaired) electrons. The largest absolute Gasteiger partial charge is 0.491 e. The van der Waals surface area contributed by atoms with Crippen molar-refractivity contribution in [3.05, 3.63) is 77.5 Å². The van der Waals surface area contributed by atoms with Crippen LogP contribution in [-0.4, -0.2) is 10.5 Å². The Hall–Kier alpha value is -3.33. The highest BCUT2D eigenvalue weighted by Crippen LogP contribution is 2.39. The molecule has 0 saturated carbocycles. The molecule has 192 valence electrons. The Labute approximate surface area is 221 Å². The van der Waals surface area contributed by atoms with Crippen LogP contribution in [0.5, 0.6) is 5.75 Å². The Morgan fingerprint density at radius 1 is 0.784 bits per heavy atom. The van der Waals surface area contributed by atoms with E-state index in [1.807, 2.05) is 0 Å². The van der Waals surface area contributed by atoms with Gasteiger partial charge in [0.25, 0.3) is 5.65 Å². The molecule has 3 aromatic carbocycles. The zero-order chi connectivity index (χ0) is 26.4. The van der Waals surface area contributed by atoms with Gasteiger partial charge in [-0.25, -0.2) is 4.57 Å². The summed E-state index contributed by atoms with van der Waals surface area (Å²) in [6.07, 6.45) is 4.61. The first kappa shape index (κ1) is 25.3. The van der Waals surface area contributed by atoms with E-state index in [-0.39, 0.29) is 6.10 Å². The second-order valence-corrected chi connectivity index (χ2v) is 11.7. The number of pyridine rings is 1. The third-order valence-electron chi connectivity index (χ3n) is 7.29. The second kappa shape index (κ2) is 9.85. The summed E-state index contributed by atoms with van der Waals surface area (Å²) in [6, 6.07) is 20.2. The summed E-state index contributed by atoms with van der Waals surface area (Å²) in [5, 5.41) is 3.81. The van der Waals surface area contributed by atoms with E-state index >= 15 is 0 Å². The SMILES string of the molecule is Cc1c(OC(C)C)ccc2c3ccccc3n3c(-c4c(CC(C)C)cccc4CC(C)C)c[n+](C)c3c12. The number of fused-ring (bicyclic) bond motifs is 6. The molecule has 5 rings (SSSR count). The fraction of sp³-hybridized carbons (Fsp3) is 0.382. The van der Waals surface area contributed by atoms with Gasteiger partial charge >= 0.3 is 0 Å². The number of hydrogen-bond acceptors (Lipinski definition) is 1. The molecule has 0 aliphatic heterocycles. The number of nitrogens with zero attached hydrogens (tertiary/aromatic N) is 2. The van der Waals surface area contributed by atoms with E-state index in [9.17, 15) is 0 Å². The van der Waals surface area contributed by atoms with Gasteiger partial charge in [-0.1, -0.05) is 64.1 Å². The maximum atomic E-state index is 6.25. The van der Waals surface area contributed by atoms with Crippen molar-refractivity contribution in [2.24, 2.45) is 18.9 Å². The first-order chi connectivity index (χ1) is 17.7. The lowest BCUT2D eigenvalue weighted by molar-refractivity contribution is -0.643. The lowest BCUT2D eigenvalue weighted by Gasteiger charge is -2.17. The summed E-state index contributed by atoms with van der Waals surface area (Å²) in [5.74, 6) is 2.13. The summed E-state index contributed by atoms with van der Waals surface area (Å²) in [5.41, 5.74) is 9.20. The Morgan fingerprint density at radius 2 is 1.43 bits per heavy atom. The van der Waals surface area contributed by atoms with Crippen molar-refractivity contribution >= 4 is 27.3 Å². The van der Waals surface area contributed by atoms with Crippen molar-refractivity contribution < 1.29 is 9.30 Å². The average Bonchev–Trinajstić information content (AvgIpc) is 3.16. The number of aromatic nitrogens is 2. The van der Waals surface area contributed by atoms with Gasteiger partial charge in [0.2, 0.25) is 0 Å². The summed E-state index contributed by atoms with van der Waals surface area (Å²) in [7, 11) is 2.19. The molecule has 0 bridgehead atoms. The maximum absolute atomic E-state index is 6.25. The van der Waals surface area contributed by atoms with Crippen molar-refractivity contribution in [3.63, 3.8) is 0 Å². The van der Waals surface area contributed by atoms with Crippen molar-refractivity contribution in [2.75, 3.05) is 0 Å². The van der Waals surface area contributed by atoms with E-state index < -0.39 is 0 Å². The van der Waals surface area contributed by atoms with Gasteiger partial charge in [0, 0.05) is 21.9 Å². The Balaban J connectivity index is 1.96. The molecule has 3 nitrogen and oxygen atoms in total. The second-order valence-electron chi connectivity index (χ2n) is 11.7. The van der Waals surface area contributed by atoms with E-state index in [0.29, 0.717) is 11.8 Å². The fourth-order valence-corrected chi connectivity index (χ4v) is 5.97. The quantitative estimate of drug-likeness (QED) is 0.165. The number of ether oxygens (including phenoxy) is 1. The van der Waals surface area contributed by atoms with E-state index in [0.717, 1.165) is 18.6 Å². The minimum Gasteiger partial charge on any atom is -0.491 e. The number of imidazole rings is 1. The molecule has 0 aliphatic rings. The molecule has 0 spiro atoms. The molecular formula is C34H41N2O+. The Morgan fingerprint density at radius 3 is 2.05 bits per heavy atom. The zero-order valence-corrected chi connectivity index (χ0v) is 23.7. The van der Waals surface area contributed by atoms with Crippen LogP contribution in [0.4, 0.5) is 0 Å². The number of aryl methyl sites for hydroxylation is 2. The molecule has 0 amide bonds. The van der Waals surface area contributed by atoms with E-state index in [4.69, 9.17) is 4.74 Å². The van der Waals surface area contributed by atoms with Gasteiger partial charge in [0.1, 0.15) is 17.5 Å². The van der Waals surface area contributed by atoms with Gasteiger partial charge in [-0.05, 0) is 74.8 Å². The number of benzene rings is 3. The highest BCUT2D eigenvalue weighted by molar-refractivity contribution is 6.13. The predicted molar refractivity (Wildman–Crippen MR) is 157 cm³/mol. The van der Waals surface area contributed by atoms with E-state index in [1.165, 1.54) is 55.3 Å². The van der Waals surface area contributed by atoms with Crippen LogP contribution in [0.25, 0.3) is 38.6 Å². The monoisotopic (exact) mass is 493 g/mol. The molecule has 3 heteroatoms. The van der Waals surface area contributed by atoms with Gasteiger partial charge in [0.15, 0.2) is 5.69 Å². The summed E-state index contributed by atoms with van der Waals surface area (Å²) < 4.78 is 11.1. The highest BCUT2D eigenvalue weighted by Gasteiger charge is 2.28. The zero-order valence-electron chi connectivity index (χ0n) is 23.7. The third-order valence-corrected chi connectivity index (χ3v) is 7.29. The molecule has 0 unspecified atom stereocenters. The van der Waals surface area contributed by atoms with Crippen LogP contribution < -0.4 is 9.30 Å². The molecular weight excluding hydrogens is 452 g/mol. The first-order valence-electron chi connectivity index (χ1n) is 13.8. The lowest BCUT2D eigenvalue weighted by Crippen LogP contribution is -2.26. The smallest absolute Gasteiger partial charge is 0.295 e. The number of para-hydroxylation sites is 1. The van der Waals surface area contributed by atoms with Crippen LogP contribution in [0.2, 0.25) is 0 Å². The molecule has 0 aliphatic carbocycles. The Bertz CT molecular complexity index is 1580. The van der Waals surface area contributed by atoms with Gasteiger partial charge in [-0.3, -0.25) is 0 Å². The Kier molecular flexibility index (Phi) is 6.74. The van der Waals surface area contributed by atoms with Crippen LogP contribution in [0.1, 0.15) is 58.2 Å². The molecule has 0 N–H and O–H groups in total. The van der Waals surface area contributed by atoms with Crippen molar-refractivity contribution in [3.8, 4) is 17.0 Å². The molecule has 0 fully saturated rings. The summed E-state index contributed by atoms with van der Waals surface area (Å²) in [4.78, 5) is 0. The minimum atomic E-state index is 0.130. The van der Waals surface area contributed by atoms with E-state index in [2.05, 4.69) is 125 Å². The molecule has 37 heavy (non-hydrogen) atoms. The van der Waals surface area contributed by atoms with Crippen molar-refractivity contribution in [1.29, 1.82) is 0 Å². The van der Waals surface area contributed by atoms with Crippen LogP contribution in [0.3, 0.4) is 0 Å². The summed E-state index contributed by atoms with van der Waals surface area (Å²) in [6.45, 7) is 15.7. The topological polar surface area (TPSA) is 17.5 Å². The number of hydrogen-bond donors (Lipinski definition) is 0. The molecule has 5 aromatic rings. The van der Waals surface area contributed by atoms with Crippen LogP contribution in [0.15, 0.2) is 60.8 Å². The fourth-order valence-electron chi connectivity index (χ4n) is 5.97. The van der Waals surface area contributed by atoms with Crippen molar-refractivity contribution in [1.82, 2.24) is 4.40 Å². The molecule has 2 heterocycles. The standard InChI is InChI=1S/C34H41N2O/c1-21(2)18-25-12-11-13-26(19-22(3)4)33(25)30-20-35(8)34-32-24(7)31(37-23(5)6)17-16-28(32)27-14-9-10-15-29(27)36(30)34/h9-17,20-23H,18-19H2,1-8H3/q+1. The maximum Gasteiger partial charge on any atom is 0.295 e. The van der Waals surface area contributed by atoms with Crippen LogP contribution in [-0.2, 0) is 19.9 Å². The highest BCUT2D eigenvalue weighted by atomic mass is 16.5. The minimum absolute atomic E-state index is 0.130.